The Hall–Kier alpha value is -2.28. The summed E-state index contributed by atoms with van der Waals surface area (Å²) in [6, 6.07) is 7.31. The van der Waals surface area contributed by atoms with Crippen LogP contribution in [0.3, 0.4) is 0 Å². The highest BCUT2D eigenvalue weighted by atomic mass is 16.5. The van der Waals surface area contributed by atoms with Gasteiger partial charge < -0.3 is 24.8 Å². The lowest BCUT2D eigenvalue weighted by Crippen LogP contribution is -2.45. The van der Waals surface area contributed by atoms with Crippen LogP contribution in [0.4, 0.5) is 4.79 Å². The Morgan fingerprint density at radius 2 is 1.77 bits per heavy atom. The SMILES string of the molecule is CCOC(Cc1ccc(OCCN(CCC(C)(C)C)C(=O)NC(C)C)cc1)C(=O)O. The fourth-order valence-electron chi connectivity index (χ4n) is 2.75. The van der Waals surface area contributed by atoms with Crippen molar-refractivity contribution in [1.29, 1.82) is 0 Å². The van der Waals surface area contributed by atoms with Gasteiger partial charge in [0.05, 0.1) is 6.54 Å². The van der Waals surface area contributed by atoms with E-state index in [1.165, 1.54) is 0 Å². The van der Waals surface area contributed by atoms with Crippen molar-refractivity contribution in [2.75, 3.05) is 26.3 Å². The van der Waals surface area contributed by atoms with Gasteiger partial charge in [-0.1, -0.05) is 32.9 Å². The fourth-order valence-corrected chi connectivity index (χ4v) is 2.75. The van der Waals surface area contributed by atoms with Crippen LogP contribution in [-0.2, 0) is 16.0 Å². The van der Waals surface area contributed by atoms with E-state index in [0.29, 0.717) is 38.5 Å². The molecule has 0 aromatic heterocycles. The van der Waals surface area contributed by atoms with E-state index in [1.54, 1.807) is 11.8 Å². The first-order valence-corrected chi connectivity index (χ1v) is 10.6. The maximum absolute atomic E-state index is 12.5. The molecule has 0 aliphatic heterocycles. The minimum atomic E-state index is -0.966. The van der Waals surface area contributed by atoms with Gasteiger partial charge in [0.2, 0.25) is 0 Å². The van der Waals surface area contributed by atoms with Gasteiger partial charge in [-0.25, -0.2) is 9.59 Å². The second-order valence-electron chi connectivity index (χ2n) is 8.88. The third-order valence-electron chi connectivity index (χ3n) is 4.45. The third-order valence-corrected chi connectivity index (χ3v) is 4.45. The summed E-state index contributed by atoms with van der Waals surface area (Å²) in [6.45, 7) is 14.0. The van der Waals surface area contributed by atoms with Crippen molar-refractivity contribution in [3.63, 3.8) is 0 Å². The van der Waals surface area contributed by atoms with Crippen LogP contribution in [0, 0.1) is 5.41 Å². The van der Waals surface area contributed by atoms with Gasteiger partial charge >= 0.3 is 12.0 Å². The molecular formula is C23H38N2O5. The maximum Gasteiger partial charge on any atom is 0.333 e. The van der Waals surface area contributed by atoms with E-state index in [-0.39, 0.29) is 17.5 Å². The molecular weight excluding hydrogens is 384 g/mol. The molecule has 0 spiro atoms. The lowest BCUT2D eigenvalue weighted by atomic mass is 9.92. The minimum Gasteiger partial charge on any atom is -0.492 e. The van der Waals surface area contributed by atoms with Gasteiger partial charge in [-0.15, -0.1) is 0 Å². The molecule has 2 N–H and O–H groups in total. The number of benzene rings is 1. The Bertz CT molecular complexity index is 653. The number of nitrogens with zero attached hydrogens (tertiary/aromatic N) is 1. The van der Waals surface area contributed by atoms with Gasteiger partial charge in [-0.05, 0) is 50.3 Å². The summed E-state index contributed by atoms with van der Waals surface area (Å²) in [5, 5.41) is 12.1. The summed E-state index contributed by atoms with van der Waals surface area (Å²) in [5.74, 6) is -0.283. The zero-order valence-electron chi connectivity index (χ0n) is 19.2. The van der Waals surface area contributed by atoms with E-state index in [0.717, 1.165) is 12.0 Å². The molecule has 1 aromatic rings. The topological polar surface area (TPSA) is 88.1 Å². The quantitative estimate of drug-likeness (QED) is 0.532. The fraction of sp³-hybridized carbons (Fsp3) is 0.652. The molecule has 1 unspecified atom stereocenters. The van der Waals surface area contributed by atoms with Gasteiger partial charge in [0, 0.05) is 25.6 Å². The molecule has 0 heterocycles. The molecule has 2 amide bonds. The van der Waals surface area contributed by atoms with Crippen LogP contribution >= 0.6 is 0 Å². The molecule has 0 saturated heterocycles. The molecule has 0 fully saturated rings. The average Bonchev–Trinajstić information content (AvgIpc) is 2.63. The van der Waals surface area contributed by atoms with Crippen molar-refractivity contribution in [2.24, 2.45) is 5.41 Å². The number of rotatable bonds is 12. The molecule has 0 aliphatic carbocycles. The van der Waals surface area contributed by atoms with Crippen molar-refractivity contribution >= 4 is 12.0 Å². The van der Waals surface area contributed by atoms with Crippen molar-refractivity contribution in [3.05, 3.63) is 29.8 Å². The van der Waals surface area contributed by atoms with Crippen molar-refractivity contribution in [3.8, 4) is 5.75 Å². The molecule has 1 atom stereocenters. The van der Waals surface area contributed by atoms with E-state index in [2.05, 4.69) is 26.1 Å². The Balaban J connectivity index is 2.60. The number of carbonyl (C=O) groups excluding carboxylic acids is 1. The lowest BCUT2D eigenvalue weighted by molar-refractivity contribution is -0.149. The highest BCUT2D eigenvalue weighted by Gasteiger charge is 2.19. The zero-order valence-corrected chi connectivity index (χ0v) is 19.2. The molecule has 0 saturated carbocycles. The molecule has 170 valence electrons. The number of hydrogen-bond donors (Lipinski definition) is 2. The van der Waals surface area contributed by atoms with Crippen LogP contribution in [0.15, 0.2) is 24.3 Å². The summed E-state index contributed by atoms with van der Waals surface area (Å²) in [4.78, 5) is 25.5. The Morgan fingerprint density at radius 3 is 2.27 bits per heavy atom. The van der Waals surface area contributed by atoms with Crippen LogP contribution in [0.5, 0.6) is 5.75 Å². The largest absolute Gasteiger partial charge is 0.492 e. The Labute approximate surface area is 180 Å². The minimum absolute atomic E-state index is 0.0782. The third kappa shape index (κ3) is 10.5. The predicted molar refractivity (Wildman–Crippen MR) is 118 cm³/mol. The number of amides is 2. The molecule has 0 bridgehead atoms. The van der Waals surface area contributed by atoms with Gasteiger partial charge in [0.15, 0.2) is 6.10 Å². The Morgan fingerprint density at radius 1 is 1.13 bits per heavy atom. The van der Waals surface area contributed by atoms with Crippen LogP contribution in [0.25, 0.3) is 0 Å². The highest BCUT2D eigenvalue weighted by Crippen LogP contribution is 2.19. The van der Waals surface area contributed by atoms with E-state index >= 15 is 0 Å². The average molecular weight is 423 g/mol. The second-order valence-corrected chi connectivity index (χ2v) is 8.88. The normalized spacial score (nSPS) is 12.5. The number of carbonyl (C=O) groups is 2. The molecule has 1 rings (SSSR count). The van der Waals surface area contributed by atoms with E-state index in [9.17, 15) is 14.7 Å². The first-order valence-electron chi connectivity index (χ1n) is 10.6. The summed E-state index contributed by atoms with van der Waals surface area (Å²) in [5.41, 5.74) is 1.01. The predicted octanol–water partition coefficient (Wildman–Crippen LogP) is 3.95. The molecule has 0 aliphatic rings. The van der Waals surface area contributed by atoms with Crippen LogP contribution < -0.4 is 10.1 Å². The Kier molecular flexibility index (Phi) is 10.7. The van der Waals surface area contributed by atoms with Gasteiger partial charge in [-0.2, -0.15) is 0 Å². The second kappa shape index (κ2) is 12.4. The van der Waals surface area contributed by atoms with Gasteiger partial charge in [0.1, 0.15) is 12.4 Å². The molecule has 7 nitrogen and oxygen atoms in total. The summed E-state index contributed by atoms with van der Waals surface area (Å²) in [6.07, 6.45) is 0.356. The summed E-state index contributed by atoms with van der Waals surface area (Å²) < 4.78 is 11.1. The van der Waals surface area contributed by atoms with Crippen molar-refractivity contribution in [2.45, 2.75) is 66.5 Å². The number of nitrogens with one attached hydrogen (secondary N) is 1. The van der Waals surface area contributed by atoms with Crippen LogP contribution in [0.2, 0.25) is 0 Å². The highest BCUT2D eigenvalue weighted by molar-refractivity contribution is 5.74. The first-order chi connectivity index (χ1) is 14.0. The van der Waals surface area contributed by atoms with E-state index in [1.807, 2.05) is 38.1 Å². The lowest BCUT2D eigenvalue weighted by Gasteiger charge is -2.28. The van der Waals surface area contributed by atoms with Crippen molar-refractivity contribution < 1.29 is 24.2 Å². The molecule has 0 radical (unpaired) electrons. The molecule has 1 aromatic carbocycles. The van der Waals surface area contributed by atoms with Crippen LogP contribution in [0.1, 0.15) is 53.5 Å². The number of urea groups is 1. The van der Waals surface area contributed by atoms with Gasteiger partial charge in [-0.3, -0.25) is 0 Å². The number of carboxylic acid groups (broad SMARTS) is 1. The number of carboxylic acids is 1. The molecule has 7 heteroatoms. The van der Waals surface area contributed by atoms with Crippen LogP contribution in [-0.4, -0.2) is 60.5 Å². The number of aliphatic carboxylic acids is 1. The van der Waals surface area contributed by atoms with Gasteiger partial charge in [0.25, 0.3) is 0 Å². The number of ether oxygens (including phenoxy) is 2. The van der Waals surface area contributed by atoms with Crippen molar-refractivity contribution in [1.82, 2.24) is 10.2 Å². The standard InChI is InChI=1S/C23H38N2O5/c1-7-29-20(21(26)27)16-18-8-10-19(11-9-18)30-15-14-25(13-12-23(4,5)6)22(28)24-17(2)3/h8-11,17,20H,7,12-16H2,1-6H3,(H,24,28)(H,26,27). The monoisotopic (exact) mass is 422 g/mol. The smallest absolute Gasteiger partial charge is 0.333 e. The zero-order chi connectivity index (χ0) is 22.7. The van der Waals surface area contributed by atoms with E-state index < -0.39 is 12.1 Å². The first kappa shape index (κ1) is 25.8. The summed E-state index contributed by atoms with van der Waals surface area (Å²) in [7, 11) is 0. The molecule has 30 heavy (non-hydrogen) atoms. The summed E-state index contributed by atoms with van der Waals surface area (Å²) >= 11 is 0. The maximum atomic E-state index is 12.5. The van der Waals surface area contributed by atoms with E-state index in [4.69, 9.17) is 9.47 Å². The number of hydrogen-bond acceptors (Lipinski definition) is 4.